The largest absolute Gasteiger partial charge is 0.507 e. The number of hydrogen-bond donors (Lipinski definition) is 2. The number of unbranched alkanes of at least 4 members (excludes halogenated alkanes) is 1. The van der Waals surface area contributed by atoms with Gasteiger partial charge in [0.2, 0.25) is 0 Å². The second-order valence-electron chi connectivity index (χ2n) is 4.76. The molecule has 1 aromatic heterocycles. The number of phenols is 1. The molecule has 0 aliphatic rings. The van der Waals surface area contributed by atoms with E-state index in [1.807, 2.05) is 0 Å². The molecule has 0 radical (unpaired) electrons. The lowest BCUT2D eigenvalue weighted by Gasteiger charge is -2.14. The van der Waals surface area contributed by atoms with Crippen molar-refractivity contribution in [2.45, 2.75) is 32.8 Å². The SMILES string of the molecule is CCCCc1cncc(CO)c1-c1ccc(F)cc1O. The molecular weight excluding hydrogens is 257 g/mol. The van der Waals surface area contributed by atoms with Crippen LogP contribution in [0.4, 0.5) is 4.39 Å². The summed E-state index contributed by atoms with van der Waals surface area (Å²) < 4.78 is 13.1. The van der Waals surface area contributed by atoms with Crippen LogP contribution in [-0.2, 0) is 13.0 Å². The highest BCUT2D eigenvalue weighted by atomic mass is 19.1. The number of nitrogens with zero attached hydrogens (tertiary/aromatic N) is 1. The fourth-order valence-corrected chi connectivity index (χ4v) is 2.29. The van der Waals surface area contributed by atoms with E-state index in [9.17, 15) is 14.6 Å². The Balaban J connectivity index is 2.57. The van der Waals surface area contributed by atoms with E-state index in [1.165, 1.54) is 12.1 Å². The van der Waals surface area contributed by atoms with E-state index >= 15 is 0 Å². The van der Waals surface area contributed by atoms with Crippen LogP contribution in [0.15, 0.2) is 30.6 Å². The van der Waals surface area contributed by atoms with Crippen LogP contribution in [0.5, 0.6) is 5.75 Å². The van der Waals surface area contributed by atoms with Crippen LogP contribution < -0.4 is 0 Å². The van der Waals surface area contributed by atoms with Gasteiger partial charge >= 0.3 is 0 Å². The zero-order valence-electron chi connectivity index (χ0n) is 11.4. The van der Waals surface area contributed by atoms with Gasteiger partial charge in [-0.1, -0.05) is 13.3 Å². The van der Waals surface area contributed by atoms with Gasteiger partial charge in [-0.05, 0) is 36.1 Å². The van der Waals surface area contributed by atoms with Gasteiger partial charge < -0.3 is 10.2 Å². The van der Waals surface area contributed by atoms with Crippen LogP contribution in [0, 0.1) is 5.82 Å². The zero-order chi connectivity index (χ0) is 14.5. The van der Waals surface area contributed by atoms with Crippen molar-refractivity contribution in [2.75, 3.05) is 0 Å². The highest BCUT2D eigenvalue weighted by Gasteiger charge is 2.14. The van der Waals surface area contributed by atoms with Crippen molar-refractivity contribution in [2.24, 2.45) is 0 Å². The summed E-state index contributed by atoms with van der Waals surface area (Å²) in [5.41, 5.74) is 2.89. The van der Waals surface area contributed by atoms with Gasteiger partial charge in [0.1, 0.15) is 11.6 Å². The topological polar surface area (TPSA) is 53.4 Å². The van der Waals surface area contributed by atoms with Gasteiger partial charge in [0.05, 0.1) is 6.61 Å². The third-order valence-corrected chi connectivity index (χ3v) is 3.30. The molecule has 0 aliphatic heterocycles. The standard InChI is InChI=1S/C16H18FNO2/c1-2-3-4-11-8-18-9-12(10-19)16(11)14-6-5-13(17)7-15(14)20/h5-9,19-20H,2-4,10H2,1H3. The molecule has 1 heterocycles. The van der Waals surface area contributed by atoms with E-state index in [0.29, 0.717) is 11.1 Å². The Bertz CT molecular complexity index is 599. The summed E-state index contributed by atoms with van der Waals surface area (Å²) in [7, 11) is 0. The first-order chi connectivity index (χ1) is 9.67. The third kappa shape index (κ3) is 2.96. The van der Waals surface area contributed by atoms with Crippen LogP contribution in [0.3, 0.4) is 0 Å². The number of rotatable bonds is 5. The Kier molecular flexibility index (Phi) is 4.69. The zero-order valence-corrected chi connectivity index (χ0v) is 11.4. The first kappa shape index (κ1) is 14.5. The molecule has 20 heavy (non-hydrogen) atoms. The van der Waals surface area contributed by atoms with Crippen molar-refractivity contribution >= 4 is 0 Å². The maximum absolute atomic E-state index is 13.1. The predicted molar refractivity (Wildman–Crippen MR) is 75.8 cm³/mol. The van der Waals surface area contributed by atoms with Crippen molar-refractivity contribution in [3.05, 3.63) is 47.5 Å². The van der Waals surface area contributed by atoms with Crippen molar-refractivity contribution in [3.8, 4) is 16.9 Å². The Morgan fingerprint density at radius 3 is 2.60 bits per heavy atom. The van der Waals surface area contributed by atoms with Gasteiger partial charge in [0, 0.05) is 29.6 Å². The average molecular weight is 275 g/mol. The molecule has 3 nitrogen and oxygen atoms in total. The Hall–Kier alpha value is -1.94. The van der Waals surface area contributed by atoms with E-state index in [2.05, 4.69) is 11.9 Å². The molecule has 1 aromatic carbocycles. The van der Waals surface area contributed by atoms with Crippen molar-refractivity contribution < 1.29 is 14.6 Å². The number of pyridine rings is 1. The molecule has 0 atom stereocenters. The lowest BCUT2D eigenvalue weighted by Crippen LogP contribution is -1.99. The number of halogens is 1. The molecule has 0 aliphatic carbocycles. The van der Waals surface area contributed by atoms with Crippen LogP contribution in [0.2, 0.25) is 0 Å². The van der Waals surface area contributed by atoms with E-state index < -0.39 is 5.82 Å². The molecule has 0 fully saturated rings. The van der Waals surface area contributed by atoms with Crippen molar-refractivity contribution in [3.63, 3.8) is 0 Å². The molecule has 2 N–H and O–H groups in total. The number of hydrogen-bond acceptors (Lipinski definition) is 3. The van der Waals surface area contributed by atoms with Crippen molar-refractivity contribution in [1.29, 1.82) is 0 Å². The average Bonchev–Trinajstić information content (AvgIpc) is 2.45. The normalized spacial score (nSPS) is 10.8. The second kappa shape index (κ2) is 6.48. The number of benzene rings is 1. The summed E-state index contributed by atoms with van der Waals surface area (Å²) in [5, 5.41) is 19.5. The van der Waals surface area contributed by atoms with Crippen molar-refractivity contribution in [1.82, 2.24) is 4.98 Å². The number of phenolic OH excluding ortho intramolecular Hbond substituents is 1. The van der Waals surface area contributed by atoms with Gasteiger partial charge in [0.25, 0.3) is 0 Å². The molecule has 0 unspecified atom stereocenters. The molecule has 2 aromatic rings. The molecule has 0 saturated carbocycles. The smallest absolute Gasteiger partial charge is 0.126 e. The highest BCUT2D eigenvalue weighted by Crippen LogP contribution is 2.35. The molecule has 4 heteroatoms. The van der Waals surface area contributed by atoms with E-state index in [1.54, 1.807) is 12.4 Å². The van der Waals surface area contributed by atoms with Crippen LogP contribution in [-0.4, -0.2) is 15.2 Å². The number of aliphatic hydroxyl groups excluding tert-OH is 1. The summed E-state index contributed by atoms with van der Waals surface area (Å²) in [6.45, 7) is 1.93. The predicted octanol–water partition coefficient (Wildman–Crippen LogP) is 3.43. The number of aromatic nitrogens is 1. The Labute approximate surface area is 117 Å². The fraction of sp³-hybridized carbons (Fsp3) is 0.312. The lowest BCUT2D eigenvalue weighted by atomic mass is 9.93. The minimum atomic E-state index is -0.485. The molecule has 0 bridgehead atoms. The maximum atomic E-state index is 13.1. The van der Waals surface area contributed by atoms with Crippen LogP contribution in [0.25, 0.3) is 11.1 Å². The van der Waals surface area contributed by atoms with Gasteiger partial charge in [-0.3, -0.25) is 4.98 Å². The number of aromatic hydroxyl groups is 1. The Morgan fingerprint density at radius 2 is 1.95 bits per heavy atom. The first-order valence-corrected chi connectivity index (χ1v) is 6.72. The Morgan fingerprint density at radius 1 is 1.20 bits per heavy atom. The molecule has 0 saturated heterocycles. The summed E-state index contributed by atoms with van der Waals surface area (Å²) >= 11 is 0. The number of aliphatic hydroxyl groups is 1. The maximum Gasteiger partial charge on any atom is 0.126 e. The van der Waals surface area contributed by atoms with Crippen LogP contribution in [0.1, 0.15) is 30.9 Å². The monoisotopic (exact) mass is 275 g/mol. The third-order valence-electron chi connectivity index (χ3n) is 3.30. The minimum Gasteiger partial charge on any atom is -0.507 e. The first-order valence-electron chi connectivity index (χ1n) is 6.72. The fourth-order valence-electron chi connectivity index (χ4n) is 2.29. The van der Waals surface area contributed by atoms with Gasteiger partial charge in [0.15, 0.2) is 0 Å². The minimum absolute atomic E-state index is 0.122. The van der Waals surface area contributed by atoms with Crippen LogP contribution >= 0.6 is 0 Å². The summed E-state index contributed by atoms with van der Waals surface area (Å²) in [6, 6.07) is 3.93. The van der Waals surface area contributed by atoms with E-state index in [4.69, 9.17) is 0 Å². The molecule has 2 rings (SSSR count). The van der Waals surface area contributed by atoms with Gasteiger partial charge in [-0.2, -0.15) is 0 Å². The van der Waals surface area contributed by atoms with E-state index in [-0.39, 0.29) is 12.4 Å². The molecule has 0 spiro atoms. The second-order valence-corrected chi connectivity index (χ2v) is 4.76. The van der Waals surface area contributed by atoms with Gasteiger partial charge in [-0.15, -0.1) is 0 Å². The van der Waals surface area contributed by atoms with E-state index in [0.717, 1.165) is 36.5 Å². The summed E-state index contributed by atoms with van der Waals surface area (Å²) in [5.74, 6) is -0.607. The lowest BCUT2D eigenvalue weighted by molar-refractivity contribution is 0.282. The summed E-state index contributed by atoms with van der Waals surface area (Å²) in [4.78, 5) is 4.13. The number of aryl methyl sites for hydroxylation is 1. The molecule has 0 amide bonds. The highest BCUT2D eigenvalue weighted by molar-refractivity contribution is 5.75. The molecular formula is C16H18FNO2. The molecule has 106 valence electrons. The summed E-state index contributed by atoms with van der Waals surface area (Å²) in [6.07, 6.45) is 6.16. The van der Waals surface area contributed by atoms with Gasteiger partial charge in [-0.25, -0.2) is 4.39 Å². The quantitative estimate of drug-likeness (QED) is 0.879.